The zero-order chi connectivity index (χ0) is 21.4. The summed E-state index contributed by atoms with van der Waals surface area (Å²) in [5.41, 5.74) is -0.209. The molecule has 12 heteroatoms. The molecule has 1 aliphatic heterocycles. The highest BCUT2D eigenvalue weighted by atomic mass is 32.1. The third-order valence-electron chi connectivity index (χ3n) is 5.25. The summed E-state index contributed by atoms with van der Waals surface area (Å²) in [6.45, 7) is 3.66. The van der Waals surface area contributed by atoms with E-state index < -0.39 is 11.7 Å². The highest BCUT2D eigenvalue weighted by Gasteiger charge is 2.30. The van der Waals surface area contributed by atoms with E-state index in [0.29, 0.717) is 18.1 Å². The fraction of sp³-hybridized carbons (Fsp3) is 0.316. The summed E-state index contributed by atoms with van der Waals surface area (Å²) in [4.78, 5) is 14.2. The number of tetrazole rings is 1. The number of nitrogens with zero attached hydrogens (tertiary/aromatic N) is 8. The number of fused-ring (bicyclic) bond motifs is 1. The van der Waals surface area contributed by atoms with Gasteiger partial charge in [0.2, 0.25) is 0 Å². The molecule has 1 fully saturated rings. The van der Waals surface area contributed by atoms with Gasteiger partial charge in [-0.05, 0) is 46.1 Å². The summed E-state index contributed by atoms with van der Waals surface area (Å²) in [5, 5.41) is 14.8. The molecule has 5 rings (SSSR count). The quantitative estimate of drug-likeness (QED) is 0.477. The number of halogens is 3. The first kappa shape index (κ1) is 19.8. The van der Waals surface area contributed by atoms with E-state index >= 15 is 0 Å². The Morgan fingerprint density at radius 1 is 0.968 bits per heavy atom. The number of alkyl halides is 3. The van der Waals surface area contributed by atoms with Gasteiger partial charge in [-0.2, -0.15) is 17.9 Å². The van der Waals surface area contributed by atoms with E-state index in [2.05, 4.69) is 35.3 Å². The zero-order valence-corrected chi connectivity index (χ0v) is 17.0. The van der Waals surface area contributed by atoms with Crippen molar-refractivity contribution in [1.82, 2.24) is 35.1 Å². The summed E-state index contributed by atoms with van der Waals surface area (Å²) in [5.74, 6) is 1.52. The van der Waals surface area contributed by atoms with Crippen LogP contribution in [0.5, 0.6) is 0 Å². The maximum absolute atomic E-state index is 12.8. The Kier molecular flexibility index (Phi) is 5.02. The van der Waals surface area contributed by atoms with Crippen molar-refractivity contribution in [2.75, 3.05) is 31.1 Å². The van der Waals surface area contributed by atoms with Crippen molar-refractivity contribution in [1.29, 1.82) is 0 Å². The lowest BCUT2D eigenvalue weighted by molar-refractivity contribution is -0.137. The lowest BCUT2D eigenvalue weighted by atomic mass is 10.2. The largest absolute Gasteiger partial charge is 0.416 e. The minimum absolute atomic E-state index is 0.493. The molecule has 0 radical (unpaired) electrons. The molecule has 4 heterocycles. The van der Waals surface area contributed by atoms with Crippen LogP contribution in [0.1, 0.15) is 11.4 Å². The van der Waals surface area contributed by atoms with Crippen LogP contribution in [0.25, 0.3) is 15.9 Å². The Hall–Kier alpha value is -3.12. The van der Waals surface area contributed by atoms with E-state index in [1.54, 1.807) is 17.7 Å². The lowest BCUT2D eigenvalue weighted by Gasteiger charge is -2.35. The molecule has 4 aromatic rings. The summed E-state index contributed by atoms with van der Waals surface area (Å²) in [6.07, 6.45) is -2.78. The Labute approximate surface area is 178 Å². The van der Waals surface area contributed by atoms with Crippen LogP contribution in [-0.2, 0) is 12.7 Å². The second kappa shape index (κ2) is 7.85. The lowest BCUT2D eigenvalue weighted by Crippen LogP contribution is -2.46. The molecule has 0 saturated carbocycles. The van der Waals surface area contributed by atoms with Crippen LogP contribution in [0.2, 0.25) is 0 Å². The second-order valence-corrected chi connectivity index (χ2v) is 8.05. The zero-order valence-electron chi connectivity index (χ0n) is 16.2. The van der Waals surface area contributed by atoms with Crippen LogP contribution < -0.4 is 4.90 Å². The van der Waals surface area contributed by atoms with E-state index in [1.807, 2.05) is 11.4 Å². The average Bonchev–Trinajstić information content (AvgIpc) is 3.43. The molecule has 160 valence electrons. The van der Waals surface area contributed by atoms with Gasteiger partial charge in [0, 0.05) is 26.2 Å². The molecule has 0 spiro atoms. The van der Waals surface area contributed by atoms with Gasteiger partial charge in [0.1, 0.15) is 17.0 Å². The summed E-state index contributed by atoms with van der Waals surface area (Å²) in [7, 11) is 0. The topological polar surface area (TPSA) is 75.9 Å². The van der Waals surface area contributed by atoms with Gasteiger partial charge in [0.05, 0.1) is 23.2 Å². The van der Waals surface area contributed by atoms with Gasteiger partial charge < -0.3 is 4.90 Å². The maximum Gasteiger partial charge on any atom is 0.416 e. The fourth-order valence-electron chi connectivity index (χ4n) is 3.64. The average molecular weight is 446 g/mol. The van der Waals surface area contributed by atoms with Crippen LogP contribution in [-0.4, -0.2) is 61.3 Å². The Morgan fingerprint density at radius 2 is 1.74 bits per heavy atom. The first-order chi connectivity index (χ1) is 15.0. The van der Waals surface area contributed by atoms with Crippen molar-refractivity contribution in [3.63, 3.8) is 0 Å². The molecular weight excluding hydrogens is 429 g/mol. The first-order valence-electron chi connectivity index (χ1n) is 9.59. The van der Waals surface area contributed by atoms with Gasteiger partial charge in [0.15, 0.2) is 5.82 Å². The number of hydrogen-bond donors (Lipinski definition) is 0. The number of anilines is 1. The molecule has 31 heavy (non-hydrogen) atoms. The molecule has 3 aromatic heterocycles. The van der Waals surface area contributed by atoms with Gasteiger partial charge in [-0.1, -0.05) is 0 Å². The number of hydrogen-bond acceptors (Lipinski definition) is 8. The van der Waals surface area contributed by atoms with Gasteiger partial charge in [-0.25, -0.2) is 9.97 Å². The first-order valence-corrected chi connectivity index (χ1v) is 10.5. The van der Waals surface area contributed by atoms with Gasteiger partial charge in [-0.15, -0.1) is 16.4 Å². The van der Waals surface area contributed by atoms with Gasteiger partial charge in [-0.3, -0.25) is 4.90 Å². The van der Waals surface area contributed by atoms with Crippen LogP contribution in [0.4, 0.5) is 19.0 Å². The normalized spacial score (nSPS) is 15.6. The van der Waals surface area contributed by atoms with Crippen molar-refractivity contribution >= 4 is 27.4 Å². The van der Waals surface area contributed by atoms with Crippen molar-refractivity contribution in [3.8, 4) is 5.69 Å². The van der Waals surface area contributed by atoms with Crippen LogP contribution in [0.3, 0.4) is 0 Å². The van der Waals surface area contributed by atoms with Crippen LogP contribution >= 0.6 is 11.3 Å². The van der Waals surface area contributed by atoms with Crippen LogP contribution in [0.15, 0.2) is 42.0 Å². The van der Waals surface area contributed by atoms with Crippen molar-refractivity contribution in [2.24, 2.45) is 0 Å². The number of rotatable bonds is 4. The van der Waals surface area contributed by atoms with E-state index in [1.165, 1.54) is 16.8 Å². The molecule has 0 unspecified atom stereocenters. The molecule has 1 aliphatic rings. The Balaban J connectivity index is 1.27. The molecule has 1 aromatic carbocycles. The molecule has 0 amide bonds. The van der Waals surface area contributed by atoms with E-state index in [-0.39, 0.29) is 0 Å². The molecule has 1 saturated heterocycles. The van der Waals surface area contributed by atoms with Gasteiger partial charge in [0.25, 0.3) is 0 Å². The standard InChI is InChI=1S/C19H17F3N8S/c20-19(21,22)13-1-3-14(4-2-13)30-16(25-26-27-30)11-28-6-8-29(9-7-28)17-15-5-10-31-18(15)24-12-23-17/h1-5,10,12H,6-9,11H2. The smallest absolute Gasteiger partial charge is 0.353 e. The molecule has 0 atom stereocenters. The minimum atomic E-state index is -4.38. The SMILES string of the molecule is FC(F)(F)c1ccc(-n2nnnc2CN2CCN(c3ncnc4sccc34)CC2)cc1. The molecule has 0 bridgehead atoms. The molecule has 0 aliphatic carbocycles. The third-order valence-corrected chi connectivity index (χ3v) is 6.07. The van der Waals surface area contributed by atoms with Crippen LogP contribution in [0, 0.1) is 0 Å². The van der Waals surface area contributed by atoms with Gasteiger partial charge >= 0.3 is 6.18 Å². The number of piperazine rings is 1. The number of thiophene rings is 1. The number of aromatic nitrogens is 6. The third kappa shape index (κ3) is 3.95. The fourth-order valence-corrected chi connectivity index (χ4v) is 4.37. The highest BCUT2D eigenvalue weighted by Crippen LogP contribution is 2.30. The monoisotopic (exact) mass is 446 g/mol. The summed E-state index contributed by atoms with van der Waals surface area (Å²) >= 11 is 1.59. The molecule has 8 nitrogen and oxygen atoms in total. The summed E-state index contributed by atoms with van der Waals surface area (Å²) < 4.78 is 39.9. The maximum atomic E-state index is 12.8. The molecule has 0 N–H and O–H groups in total. The Bertz CT molecular complexity index is 1180. The van der Waals surface area contributed by atoms with E-state index in [9.17, 15) is 13.2 Å². The van der Waals surface area contributed by atoms with E-state index in [4.69, 9.17) is 0 Å². The van der Waals surface area contributed by atoms with Crippen molar-refractivity contribution < 1.29 is 13.2 Å². The van der Waals surface area contributed by atoms with Crippen molar-refractivity contribution in [3.05, 3.63) is 53.4 Å². The highest BCUT2D eigenvalue weighted by molar-refractivity contribution is 7.16. The van der Waals surface area contributed by atoms with E-state index in [0.717, 1.165) is 54.3 Å². The summed E-state index contributed by atoms with van der Waals surface area (Å²) in [6, 6.07) is 6.86. The Morgan fingerprint density at radius 3 is 2.48 bits per heavy atom. The van der Waals surface area contributed by atoms with Crippen molar-refractivity contribution in [2.45, 2.75) is 12.7 Å². The number of benzene rings is 1. The molecular formula is C19H17F3N8S. The predicted molar refractivity (Wildman–Crippen MR) is 109 cm³/mol. The second-order valence-electron chi connectivity index (χ2n) is 7.15. The minimum Gasteiger partial charge on any atom is -0.353 e. The predicted octanol–water partition coefficient (Wildman–Crippen LogP) is 3.01.